The van der Waals surface area contributed by atoms with E-state index >= 15 is 0 Å². The molecule has 3 heteroatoms. The number of ketones is 1. The molecule has 0 aliphatic carbocycles. The van der Waals surface area contributed by atoms with E-state index in [4.69, 9.17) is 0 Å². The van der Waals surface area contributed by atoms with E-state index in [1.165, 1.54) is 23.8 Å². The highest BCUT2D eigenvalue weighted by atomic mass is 79.9. The summed E-state index contributed by atoms with van der Waals surface area (Å²) < 4.78 is 13.7. The Bertz CT molecular complexity index is 718. The summed E-state index contributed by atoms with van der Waals surface area (Å²) in [6, 6.07) is 4.17. The Balaban J connectivity index is 2.70. The lowest BCUT2D eigenvalue weighted by Gasteiger charge is -2.18. The Morgan fingerprint density at radius 3 is 1.86 bits per heavy atom. The van der Waals surface area contributed by atoms with Crippen LogP contribution in [0.25, 0.3) is 0 Å². The Kier molecular flexibility index (Phi) is 4.33. The number of carbonyl (C=O) groups is 1. The quantitative estimate of drug-likeness (QED) is 0.667. The van der Waals surface area contributed by atoms with Gasteiger partial charge in [0.15, 0.2) is 5.78 Å². The lowest BCUT2D eigenvalue weighted by atomic mass is 9.86. The van der Waals surface area contributed by atoms with Crippen LogP contribution in [0.5, 0.6) is 0 Å². The SMILES string of the molecule is Cc1c(C)c(C)c(C(=O)c2ccc(F)cc2Br)c(C)c1C. The van der Waals surface area contributed by atoms with Crippen LogP contribution in [-0.2, 0) is 0 Å². The Labute approximate surface area is 133 Å². The molecule has 0 spiro atoms. The first-order valence-electron chi connectivity index (χ1n) is 6.82. The predicted molar refractivity (Wildman–Crippen MR) is 87.7 cm³/mol. The molecule has 21 heavy (non-hydrogen) atoms. The van der Waals surface area contributed by atoms with Gasteiger partial charge in [-0.15, -0.1) is 0 Å². The van der Waals surface area contributed by atoms with E-state index in [9.17, 15) is 9.18 Å². The molecule has 0 aromatic heterocycles. The molecule has 0 bridgehead atoms. The zero-order valence-electron chi connectivity index (χ0n) is 12.9. The molecule has 1 nitrogen and oxygen atoms in total. The molecule has 0 N–H and O–H groups in total. The van der Waals surface area contributed by atoms with Crippen LogP contribution in [0, 0.1) is 40.4 Å². The maximum Gasteiger partial charge on any atom is 0.194 e. The van der Waals surface area contributed by atoms with Crippen LogP contribution in [0.3, 0.4) is 0 Å². The third-order valence-electron chi connectivity index (χ3n) is 4.40. The van der Waals surface area contributed by atoms with Gasteiger partial charge in [0.25, 0.3) is 0 Å². The van der Waals surface area contributed by atoms with Gasteiger partial charge in [-0.3, -0.25) is 4.79 Å². The maximum absolute atomic E-state index is 13.2. The first kappa shape index (κ1) is 15.9. The van der Waals surface area contributed by atoms with Crippen LogP contribution < -0.4 is 0 Å². The smallest absolute Gasteiger partial charge is 0.194 e. The molecular weight excluding hydrogens is 331 g/mol. The Hall–Kier alpha value is -1.48. The van der Waals surface area contributed by atoms with Gasteiger partial charge in [0.05, 0.1) is 0 Å². The third kappa shape index (κ3) is 2.67. The van der Waals surface area contributed by atoms with E-state index in [2.05, 4.69) is 22.9 Å². The topological polar surface area (TPSA) is 17.1 Å². The highest BCUT2D eigenvalue weighted by Gasteiger charge is 2.21. The third-order valence-corrected chi connectivity index (χ3v) is 5.06. The fourth-order valence-corrected chi connectivity index (χ4v) is 3.18. The molecule has 0 atom stereocenters. The van der Waals surface area contributed by atoms with Crippen LogP contribution >= 0.6 is 15.9 Å². The summed E-state index contributed by atoms with van der Waals surface area (Å²) in [5.74, 6) is -0.425. The van der Waals surface area contributed by atoms with Crippen molar-refractivity contribution in [2.75, 3.05) is 0 Å². The summed E-state index contributed by atoms with van der Waals surface area (Å²) in [5, 5.41) is 0. The molecule has 0 saturated heterocycles. The number of benzene rings is 2. The molecule has 2 aromatic rings. The summed E-state index contributed by atoms with van der Waals surface area (Å²) in [6.45, 7) is 10.1. The minimum absolute atomic E-state index is 0.0666. The molecule has 0 amide bonds. The average Bonchev–Trinajstić information content (AvgIpc) is 2.43. The highest BCUT2D eigenvalue weighted by molar-refractivity contribution is 9.10. The average molecular weight is 349 g/mol. The van der Waals surface area contributed by atoms with Crippen molar-refractivity contribution in [1.29, 1.82) is 0 Å². The predicted octanol–water partition coefficient (Wildman–Crippen LogP) is 5.36. The van der Waals surface area contributed by atoms with Crippen LogP contribution in [-0.4, -0.2) is 5.78 Å². The monoisotopic (exact) mass is 348 g/mol. The van der Waals surface area contributed by atoms with Gasteiger partial charge in [-0.2, -0.15) is 0 Å². The summed E-state index contributed by atoms with van der Waals surface area (Å²) in [5.41, 5.74) is 6.71. The minimum Gasteiger partial charge on any atom is -0.289 e. The van der Waals surface area contributed by atoms with E-state index in [0.717, 1.165) is 27.8 Å². The van der Waals surface area contributed by atoms with Gasteiger partial charge in [-0.1, -0.05) is 0 Å². The van der Waals surface area contributed by atoms with E-state index in [1.807, 2.05) is 27.7 Å². The van der Waals surface area contributed by atoms with Crippen molar-refractivity contribution in [3.63, 3.8) is 0 Å². The van der Waals surface area contributed by atoms with Crippen LogP contribution in [0.1, 0.15) is 43.7 Å². The second-order valence-electron chi connectivity index (χ2n) is 5.45. The Morgan fingerprint density at radius 1 is 0.905 bits per heavy atom. The fourth-order valence-electron chi connectivity index (χ4n) is 2.65. The molecule has 0 aliphatic rings. The van der Waals surface area contributed by atoms with Gasteiger partial charge in [0.1, 0.15) is 5.82 Å². The summed E-state index contributed by atoms with van der Waals surface area (Å²) in [4.78, 5) is 12.9. The first-order valence-corrected chi connectivity index (χ1v) is 7.61. The molecule has 0 heterocycles. The van der Waals surface area contributed by atoms with Gasteiger partial charge in [0, 0.05) is 15.6 Å². The summed E-state index contributed by atoms with van der Waals surface area (Å²) in [6.07, 6.45) is 0. The van der Waals surface area contributed by atoms with Crippen molar-refractivity contribution >= 4 is 21.7 Å². The van der Waals surface area contributed by atoms with Crippen molar-refractivity contribution in [3.8, 4) is 0 Å². The normalized spacial score (nSPS) is 10.8. The second-order valence-corrected chi connectivity index (χ2v) is 6.31. The van der Waals surface area contributed by atoms with Crippen molar-refractivity contribution in [2.45, 2.75) is 34.6 Å². The molecule has 0 fully saturated rings. The lowest BCUT2D eigenvalue weighted by molar-refractivity contribution is 0.103. The molecule has 0 aliphatic heterocycles. The van der Waals surface area contributed by atoms with Crippen molar-refractivity contribution in [1.82, 2.24) is 0 Å². The molecule has 0 saturated carbocycles. The number of hydrogen-bond acceptors (Lipinski definition) is 1. The summed E-state index contributed by atoms with van der Waals surface area (Å²) in [7, 11) is 0. The summed E-state index contributed by atoms with van der Waals surface area (Å²) >= 11 is 3.28. The molecular formula is C18H18BrFO. The van der Waals surface area contributed by atoms with Gasteiger partial charge in [-0.05, 0) is 96.6 Å². The molecule has 0 unspecified atom stereocenters. The van der Waals surface area contributed by atoms with E-state index < -0.39 is 0 Å². The van der Waals surface area contributed by atoms with Gasteiger partial charge in [-0.25, -0.2) is 4.39 Å². The number of hydrogen-bond donors (Lipinski definition) is 0. The second kappa shape index (κ2) is 5.72. The number of halogens is 2. The molecule has 2 aromatic carbocycles. The van der Waals surface area contributed by atoms with E-state index in [0.29, 0.717) is 10.0 Å². The van der Waals surface area contributed by atoms with Crippen molar-refractivity contribution < 1.29 is 9.18 Å². The van der Waals surface area contributed by atoms with Crippen LogP contribution in [0.15, 0.2) is 22.7 Å². The number of rotatable bonds is 2. The zero-order chi connectivity index (χ0) is 15.9. The largest absolute Gasteiger partial charge is 0.289 e. The first-order chi connectivity index (χ1) is 9.75. The fraction of sp³-hybridized carbons (Fsp3) is 0.278. The van der Waals surface area contributed by atoms with E-state index in [-0.39, 0.29) is 11.6 Å². The highest BCUT2D eigenvalue weighted by Crippen LogP contribution is 2.30. The lowest BCUT2D eigenvalue weighted by Crippen LogP contribution is -2.11. The molecule has 2 rings (SSSR count). The Morgan fingerprint density at radius 2 is 1.38 bits per heavy atom. The van der Waals surface area contributed by atoms with Crippen molar-refractivity contribution in [3.05, 3.63) is 67.4 Å². The zero-order valence-corrected chi connectivity index (χ0v) is 14.5. The van der Waals surface area contributed by atoms with Crippen molar-refractivity contribution in [2.24, 2.45) is 0 Å². The van der Waals surface area contributed by atoms with Gasteiger partial charge >= 0.3 is 0 Å². The maximum atomic E-state index is 13.2. The van der Waals surface area contributed by atoms with Crippen LogP contribution in [0.2, 0.25) is 0 Å². The standard InChI is InChI=1S/C18H18BrFO/c1-9-10(2)12(4)17(13(5)11(9)3)18(21)15-7-6-14(20)8-16(15)19/h6-8H,1-5H3. The minimum atomic E-state index is -0.358. The van der Waals surface area contributed by atoms with Gasteiger partial charge in [0.2, 0.25) is 0 Å². The van der Waals surface area contributed by atoms with Gasteiger partial charge < -0.3 is 0 Å². The molecule has 110 valence electrons. The molecule has 0 radical (unpaired) electrons. The number of carbonyl (C=O) groups excluding carboxylic acids is 1. The van der Waals surface area contributed by atoms with E-state index in [1.54, 1.807) is 0 Å². The van der Waals surface area contributed by atoms with Crippen LogP contribution in [0.4, 0.5) is 4.39 Å².